The van der Waals surface area contributed by atoms with E-state index in [2.05, 4.69) is 6.07 Å². The van der Waals surface area contributed by atoms with E-state index in [-0.39, 0.29) is 5.75 Å². The van der Waals surface area contributed by atoms with Crippen molar-refractivity contribution in [2.45, 2.75) is 6.42 Å². The van der Waals surface area contributed by atoms with E-state index < -0.39 is 0 Å². The van der Waals surface area contributed by atoms with Gasteiger partial charge in [-0.1, -0.05) is 11.6 Å². The van der Waals surface area contributed by atoms with Gasteiger partial charge >= 0.3 is 0 Å². The van der Waals surface area contributed by atoms with Crippen LogP contribution in [0.3, 0.4) is 0 Å². The van der Waals surface area contributed by atoms with E-state index >= 15 is 0 Å². The predicted octanol–water partition coefficient (Wildman–Crippen LogP) is 3.33. The molecule has 14 heavy (non-hydrogen) atoms. The van der Waals surface area contributed by atoms with Gasteiger partial charge in [-0.3, -0.25) is 0 Å². The van der Waals surface area contributed by atoms with Crippen molar-refractivity contribution >= 4 is 33.0 Å². The molecule has 0 aliphatic heterocycles. The van der Waals surface area contributed by atoms with E-state index in [9.17, 15) is 5.11 Å². The van der Waals surface area contributed by atoms with Crippen molar-refractivity contribution in [3.63, 3.8) is 0 Å². The molecule has 0 aliphatic carbocycles. The van der Waals surface area contributed by atoms with Crippen LogP contribution in [0.5, 0.6) is 5.75 Å². The quantitative estimate of drug-likeness (QED) is 0.806. The van der Waals surface area contributed by atoms with Gasteiger partial charge < -0.3 is 5.11 Å². The van der Waals surface area contributed by atoms with Crippen molar-refractivity contribution in [1.82, 2.24) is 0 Å². The number of nitriles is 1. The molecule has 1 N–H and O–H groups in total. The van der Waals surface area contributed by atoms with Crippen LogP contribution in [0.2, 0.25) is 5.02 Å². The predicted molar refractivity (Wildman–Crippen MR) is 57.8 cm³/mol. The van der Waals surface area contributed by atoms with Crippen LogP contribution >= 0.6 is 22.9 Å². The van der Waals surface area contributed by atoms with Crippen LogP contribution in [0.4, 0.5) is 0 Å². The van der Waals surface area contributed by atoms with Gasteiger partial charge in [0, 0.05) is 10.4 Å². The van der Waals surface area contributed by atoms with Gasteiger partial charge in [0.15, 0.2) is 0 Å². The van der Waals surface area contributed by atoms with Crippen molar-refractivity contribution in [3.05, 3.63) is 28.1 Å². The maximum Gasteiger partial charge on any atom is 0.134 e. The molecular formula is C10H6ClNOS. The van der Waals surface area contributed by atoms with Crippen molar-refractivity contribution < 1.29 is 5.11 Å². The largest absolute Gasteiger partial charge is 0.506 e. The zero-order valence-corrected chi connectivity index (χ0v) is 8.69. The topological polar surface area (TPSA) is 44.0 Å². The molecule has 1 aromatic carbocycles. The Bertz CT molecular complexity index is 527. The number of halogens is 1. The second kappa shape index (κ2) is 3.49. The lowest BCUT2D eigenvalue weighted by Crippen LogP contribution is -1.77. The highest BCUT2D eigenvalue weighted by Crippen LogP contribution is 2.35. The fraction of sp³-hybridized carbons (Fsp3) is 0.100. The highest BCUT2D eigenvalue weighted by molar-refractivity contribution is 7.17. The van der Waals surface area contributed by atoms with E-state index in [1.54, 1.807) is 6.07 Å². The minimum absolute atomic E-state index is 0.182. The van der Waals surface area contributed by atoms with Gasteiger partial charge in [-0.25, -0.2) is 0 Å². The average Bonchev–Trinajstić information content (AvgIpc) is 2.49. The third kappa shape index (κ3) is 1.43. The number of fused-ring (bicyclic) bond motifs is 1. The number of phenolic OH excluding ortho intramolecular Hbond substituents is 1. The highest BCUT2D eigenvalue weighted by atomic mass is 35.5. The SMILES string of the molecule is N#CCc1csc2c(O)cc(Cl)cc12. The third-order valence-electron chi connectivity index (χ3n) is 1.97. The molecule has 0 amide bonds. The van der Waals surface area contributed by atoms with Gasteiger partial charge in [-0.05, 0) is 23.1 Å². The first-order valence-corrected chi connectivity index (χ1v) is 5.23. The molecule has 0 spiro atoms. The van der Waals surface area contributed by atoms with E-state index in [0.29, 0.717) is 11.4 Å². The molecule has 1 heterocycles. The van der Waals surface area contributed by atoms with E-state index in [0.717, 1.165) is 15.6 Å². The normalized spacial score (nSPS) is 10.3. The molecule has 0 unspecified atom stereocenters. The van der Waals surface area contributed by atoms with Crippen LogP contribution in [0.15, 0.2) is 17.5 Å². The highest BCUT2D eigenvalue weighted by Gasteiger charge is 2.08. The lowest BCUT2D eigenvalue weighted by atomic mass is 10.1. The molecular weight excluding hydrogens is 218 g/mol. The van der Waals surface area contributed by atoms with E-state index in [1.165, 1.54) is 17.4 Å². The Labute approximate surface area is 90.0 Å². The molecule has 0 saturated carbocycles. The zero-order chi connectivity index (χ0) is 10.1. The van der Waals surface area contributed by atoms with Gasteiger partial charge in [-0.15, -0.1) is 11.3 Å². The summed E-state index contributed by atoms with van der Waals surface area (Å²) in [5, 5.41) is 21.4. The second-order valence-electron chi connectivity index (χ2n) is 2.90. The van der Waals surface area contributed by atoms with Gasteiger partial charge in [0.25, 0.3) is 0 Å². The summed E-state index contributed by atoms with van der Waals surface area (Å²) in [6.45, 7) is 0. The molecule has 1 aromatic heterocycles. The molecule has 0 atom stereocenters. The minimum atomic E-state index is 0.182. The second-order valence-corrected chi connectivity index (χ2v) is 4.21. The third-order valence-corrected chi connectivity index (χ3v) is 3.25. The number of thiophene rings is 1. The summed E-state index contributed by atoms with van der Waals surface area (Å²) in [4.78, 5) is 0. The summed E-state index contributed by atoms with van der Waals surface area (Å²) >= 11 is 7.24. The molecule has 0 aliphatic rings. The number of rotatable bonds is 1. The number of phenols is 1. The van der Waals surface area contributed by atoms with Crippen molar-refractivity contribution in [1.29, 1.82) is 5.26 Å². The number of nitrogens with zero attached hydrogens (tertiary/aromatic N) is 1. The summed E-state index contributed by atoms with van der Waals surface area (Å²) in [6.07, 6.45) is 0.347. The van der Waals surface area contributed by atoms with Crippen LogP contribution in [0, 0.1) is 11.3 Å². The smallest absolute Gasteiger partial charge is 0.134 e. The summed E-state index contributed by atoms with van der Waals surface area (Å²) < 4.78 is 0.791. The maximum atomic E-state index is 9.58. The van der Waals surface area contributed by atoms with Crippen LogP contribution in [-0.2, 0) is 6.42 Å². The Kier molecular flexibility index (Phi) is 2.32. The van der Waals surface area contributed by atoms with Gasteiger partial charge in [0.05, 0.1) is 17.2 Å². The summed E-state index contributed by atoms with van der Waals surface area (Å²) in [6, 6.07) is 5.37. The molecule has 2 nitrogen and oxygen atoms in total. The molecule has 4 heteroatoms. The van der Waals surface area contributed by atoms with Crippen molar-refractivity contribution in [3.8, 4) is 11.8 Å². The maximum absolute atomic E-state index is 9.58. The first kappa shape index (κ1) is 9.32. The Hall–Kier alpha value is -1.24. The molecule has 0 bridgehead atoms. The van der Waals surface area contributed by atoms with E-state index in [4.69, 9.17) is 16.9 Å². The average molecular weight is 224 g/mol. The van der Waals surface area contributed by atoms with Gasteiger partial charge in [0.2, 0.25) is 0 Å². The van der Waals surface area contributed by atoms with Crippen molar-refractivity contribution in [2.75, 3.05) is 0 Å². The fourth-order valence-corrected chi connectivity index (χ4v) is 2.54. The Morgan fingerprint density at radius 2 is 2.29 bits per heavy atom. The molecule has 2 aromatic rings. The molecule has 0 fully saturated rings. The van der Waals surface area contributed by atoms with Crippen molar-refractivity contribution in [2.24, 2.45) is 0 Å². The lowest BCUT2D eigenvalue weighted by molar-refractivity contribution is 0.482. The Morgan fingerprint density at radius 1 is 1.50 bits per heavy atom. The monoisotopic (exact) mass is 223 g/mol. The van der Waals surface area contributed by atoms with Crippen LogP contribution in [0.1, 0.15) is 5.56 Å². The number of hydrogen-bond acceptors (Lipinski definition) is 3. The Morgan fingerprint density at radius 3 is 3.00 bits per heavy atom. The number of benzene rings is 1. The van der Waals surface area contributed by atoms with E-state index in [1.807, 2.05) is 5.38 Å². The molecule has 0 saturated heterocycles. The van der Waals surface area contributed by atoms with Gasteiger partial charge in [-0.2, -0.15) is 5.26 Å². The first-order chi connectivity index (χ1) is 6.72. The Balaban J connectivity index is 2.73. The minimum Gasteiger partial charge on any atom is -0.506 e. The van der Waals surface area contributed by atoms with Gasteiger partial charge in [0.1, 0.15) is 5.75 Å². The number of aromatic hydroxyl groups is 1. The molecule has 70 valence electrons. The molecule has 2 rings (SSSR count). The standard InChI is InChI=1S/C10H6ClNOS/c11-7-3-8-6(1-2-12)5-14-10(8)9(13)4-7/h3-5,13H,1H2. The van der Waals surface area contributed by atoms with Crippen LogP contribution in [0.25, 0.3) is 10.1 Å². The lowest BCUT2D eigenvalue weighted by Gasteiger charge is -1.97. The first-order valence-electron chi connectivity index (χ1n) is 3.98. The van der Waals surface area contributed by atoms with Crippen LogP contribution < -0.4 is 0 Å². The summed E-state index contributed by atoms with van der Waals surface area (Å²) in [7, 11) is 0. The fourth-order valence-electron chi connectivity index (χ4n) is 1.36. The number of hydrogen-bond donors (Lipinski definition) is 1. The van der Waals surface area contributed by atoms with Crippen LogP contribution in [-0.4, -0.2) is 5.11 Å². The summed E-state index contributed by atoms with van der Waals surface area (Å²) in [5.74, 6) is 0.182. The zero-order valence-electron chi connectivity index (χ0n) is 7.12. The summed E-state index contributed by atoms with van der Waals surface area (Å²) in [5.41, 5.74) is 0.922. The molecule has 0 radical (unpaired) electrons.